The molecule has 1 aromatic rings. The molecule has 15 heavy (non-hydrogen) atoms. The molecular formula is C12H15NOS. The molecule has 1 heterocycles. The first-order valence-electron chi connectivity index (χ1n) is 5.41. The average molecular weight is 221 g/mol. The summed E-state index contributed by atoms with van der Waals surface area (Å²) in [4.78, 5) is 16.0. The molecule has 1 aliphatic carbocycles. The van der Waals surface area contributed by atoms with E-state index in [2.05, 4.69) is 4.98 Å². The molecule has 0 atom stereocenters. The van der Waals surface area contributed by atoms with Crippen LogP contribution in [0.2, 0.25) is 0 Å². The summed E-state index contributed by atoms with van der Waals surface area (Å²) in [5.74, 6) is 0.0799. The van der Waals surface area contributed by atoms with Gasteiger partial charge in [0, 0.05) is 5.38 Å². The van der Waals surface area contributed by atoms with Gasteiger partial charge in [-0.05, 0) is 38.7 Å². The van der Waals surface area contributed by atoms with E-state index in [1.807, 2.05) is 12.3 Å². The minimum Gasteiger partial charge on any atom is -0.288 e. The molecule has 0 aliphatic heterocycles. The molecule has 0 saturated heterocycles. The number of rotatable bonds is 2. The average Bonchev–Trinajstić information content (AvgIpc) is 2.66. The zero-order chi connectivity index (χ0) is 10.7. The summed E-state index contributed by atoms with van der Waals surface area (Å²) in [5, 5.41) is 2.80. The molecule has 80 valence electrons. The van der Waals surface area contributed by atoms with Crippen LogP contribution in [0.1, 0.15) is 47.6 Å². The number of nitrogens with zero attached hydrogens (tertiary/aromatic N) is 1. The molecule has 1 fully saturated rings. The summed E-state index contributed by atoms with van der Waals surface area (Å²) < 4.78 is 0. The fourth-order valence-corrected chi connectivity index (χ4v) is 2.49. The van der Waals surface area contributed by atoms with Crippen LogP contribution in [0.15, 0.2) is 17.0 Å². The Bertz CT molecular complexity index is 384. The zero-order valence-corrected chi connectivity index (χ0v) is 9.77. The molecule has 0 aromatic carbocycles. The monoisotopic (exact) mass is 221 g/mol. The van der Waals surface area contributed by atoms with Gasteiger partial charge in [-0.3, -0.25) is 4.79 Å². The van der Waals surface area contributed by atoms with E-state index in [4.69, 9.17) is 0 Å². The van der Waals surface area contributed by atoms with E-state index in [9.17, 15) is 4.79 Å². The van der Waals surface area contributed by atoms with Crippen LogP contribution in [0.3, 0.4) is 0 Å². The van der Waals surface area contributed by atoms with Crippen LogP contribution >= 0.6 is 11.3 Å². The third-order valence-electron chi connectivity index (χ3n) is 2.70. The van der Waals surface area contributed by atoms with Crippen LogP contribution in [-0.4, -0.2) is 10.8 Å². The molecule has 0 amide bonds. The van der Waals surface area contributed by atoms with Gasteiger partial charge in [-0.15, -0.1) is 11.3 Å². The highest BCUT2D eigenvalue weighted by Crippen LogP contribution is 2.23. The fourth-order valence-electron chi connectivity index (χ4n) is 1.89. The molecule has 2 nitrogen and oxygen atoms in total. The first-order valence-corrected chi connectivity index (χ1v) is 6.29. The van der Waals surface area contributed by atoms with Crippen molar-refractivity contribution in [3.63, 3.8) is 0 Å². The number of allylic oxidation sites excluding steroid dienone is 2. The van der Waals surface area contributed by atoms with Crippen molar-refractivity contribution in [2.24, 2.45) is 0 Å². The largest absolute Gasteiger partial charge is 0.288 e. The van der Waals surface area contributed by atoms with E-state index >= 15 is 0 Å². The van der Waals surface area contributed by atoms with Crippen molar-refractivity contribution in [1.82, 2.24) is 4.98 Å². The maximum atomic E-state index is 11.8. The lowest BCUT2D eigenvalue weighted by molar-refractivity contribution is 0.104. The Hall–Kier alpha value is -0.960. The highest BCUT2D eigenvalue weighted by molar-refractivity contribution is 7.09. The van der Waals surface area contributed by atoms with Crippen molar-refractivity contribution in [2.75, 3.05) is 0 Å². The first-order chi connectivity index (χ1) is 7.25. The van der Waals surface area contributed by atoms with Gasteiger partial charge in [0.15, 0.2) is 0 Å². The van der Waals surface area contributed by atoms with Crippen molar-refractivity contribution < 1.29 is 4.79 Å². The summed E-state index contributed by atoms with van der Waals surface area (Å²) in [6, 6.07) is 0. The Morgan fingerprint density at radius 2 is 2.13 bits per heavy atom. The van der Waals surface area contributed by atoms with Gasteiger partial charge in [-0.1, -0.05) is 12.0 Å². The Morgan fingerprint density at radius 3 is 2.73 bits per heavy atom. The third-order valence-corrected chi connectivity index (χ3v) is 3.48. The van der Waals surface area contributed by atoms with Crippen molar-refractivity contribution in [1.29, 1.82) is 0 Å². The molecule has 0 bridgehead atoms. The van der Waals surface area contributed by atoms with Crippen LogP contribution in [0, 0.1) is 6.92 Å². The molecular weight excluding hydrogens is 206 g/mol. The Morgan fingerprint density at radius 1 is 1.40 bits per heavy atom. The van der Waals surface area contributed by atoms with Gasteiger partial charge in [-0.25, -0.2) is 4.98 Å². The molecule has 0 unspecified atom stereocenters. The van der Waals surface area contributed by atoms with Crippen LogP contribution in [-0.2, 0) is 0 Å². The Balaban J connectivity index is 2.08. The number of hydrogen-bond acceptors (Lipinski definition) is 3. The fraction of sp³-hybridized carbons (Fsp3) is 0.500. The van der Waals surface area contributed by atoms with E-state index in [0.717, 1.165) is 17.8 Å². The lowest BCUT2D eigenvalue weighted by atomic mass is 9.94. The predicted molar refractivity (Wildman–Crippen MR) is 62.3 cm³/mol. The van der Waals surface area contributed by atoms with Crippen LogP contribution < -0.4 is 0 Å². The van der Waals surface area contributed by atoms with Gasteiger partial charge in [0.25, 0.3) is 0 Å². The van der Waals surface area contributed by atoms with Gasteiger partial charge in [0.1, 0.15) is 5.69 Å². The number of aryl methyl sites for hydroxylation is 1. The lowest BCUT2D eigenvalue weighted by Gasteiger charge is -2.12. The lowest BCUT2D eigenvalue weighted by Crippen LogP contribution is -2.00. The van der Waals surface area contributed by atoms with E-state index in [0.29, 0.717) is 5.69 Å². The summed E-state index contributed by atoms with van der Waals surface area (Å²) in [7, 11) is 0. The SMILES string of the molecule is Cc1nc(C(=O)C=C2CCCCC2)cs1. The molecule has 0 N–H and O–H groups in total. The summed E-state index contributed by atoms with van der Waals surface area (Å²) in [6.07, 6.45) is 7.75. The third kappa shape index (κ3) is 2.75. The molecule has 3 heteroatoms. The van der Waals surface area contributed by atoms with E-state index in [-0.39, 0.29) is 5.78 Å². The molecule has 1 aromatic heterocycles. The number of thiazole rings is 1. The number of ketones is 1. The standard InChI is InChI=1S/C12H15NOS/c1-9-13-11(8-15-9)12(14)7-10-5-3-2-4-6-10/h7-8H,2-6H2,1H3. The van der Waals surface area contributed by atoms with Crippen LogP contribution in [0.4, 0.5) is 0 Å². The van der Waals surface area contributed by atoms with Crippen LogP contribution in [0.5, 0.6) is 0 Å². The molecule has 0 radical (unpaired) electrons. The number of carbonyl (C=O) groups is 1. The highest BCUT2D eigenvalue weighted by atomic mass is 32.1. The normalized spacial score (nSPS) is 16.5. The first kappa shape index (κ1) is 10.6. The molecule has 2 rings (SSSR count). The molecule has 1 saturated carbocycles. The topological polar surface area (TPSA) is 30.0 Å². The Labute approximate surface area is 94.0 Å². The quantitative estimate of drug-likeness (QED) is 0.565. The van der Waals surface area contributed by atoms with Gasteiger partial charge < -0.3 is 0 Å². The van der Waals surface area contributed by atoms with E-state index < -0.39 is 0 Å². The van der Waals surface area contributed by atoms with Gasteiger partial charge >= 0.3 is 0 Å². The number of hydrogen-bond donors (Lipinski definition) is 0. The second-order valence-corrected chi connectivity index (χ2v) is 5.04. The molecule has 0 spiro atoms. The zero-order valence-electron chi connectivity index (χ0n) is 8.95. The second kappa shape index (κ2) is 4.71. The van der Waals surface area contributed by atoms with Crippen molar-refractivity contribution in [3.8, 4) is 0 Å². The van der Waals surface area contributed by atoms with E-state index in [1.165, 1.54) is 36.2 Å². The smallest absolute Gasteiger partial charge is 0.204 e. The minimum atomic E-state index is 0.0799. The number of aromatic nitrogens is 1. The summed E-state index contributed by atoms with van der Waals surface area (Å²) in [5.41, 5.74) is 1.91. The van der Waals surface area contributed by atoms with Gasteiger partial charge in [0.2, 0.25) is 5.78 Å². The van der Waals surface area contributed by atoms with Crippen LogP contribution in [0.25, 0.3) is 0 Å². The summed E-state index contributed by atoms with van der Waals surface area (Å²) in [6.45, 7) is 1.93. The van der Waals surface area contributed by atoms with Crippen molar-refractivity contribution >= 4 is 17.1 Å². The minimum absolute atomic E-state index is 0.0799. The van der Waals surface area contributed by atoms with Crippen molar-refractivity contribution in [2.45, 2.75) is 39.0 Å². The maximum Gasteiger partial charge on any atom is 0.204 e. The second-order valence-electron chi connectivity index (χ2n) is 3.98. The summed E-state index contributed by atoms with van der Waals surface area (Å²) >= 11 is 1.53. The molecule has 1 aliphatic rings. The maximum absolute atomic E-state index is 11.8. The van der Waals surface area contributed by atoms with Gasteiger partial charge in [0.05, 0.1) is 5.01 Å². The van der Waals surface area contributed by atoms with E-state index in [1.54, 1.807) is 6.08 Å². The number of carbonyl (C=O) groups excluding carboxylic acids is 1. The predicted octanol–water partition coefficient (Wildman–Crippen LogP) is 3.52. The van der Waals surface area contributed by atoms with Crippen molar-refractivity contribution in [3.05, 3.63) is 27.7 Å². The van der Waals surface area contributed by atoms with Gasteiger partial charge in [-0.2, -0.15) is 0 Å². The Kier molecular flexibility index (Phi) is 3.31. The highest BCUT2D eigenvalue weighted by Gasteiger charge is 2.10.